The van der Waals surface area contributed by atoms with E-state index in [4.69, 9.17) is 14.2 Å². The third-order valence-corrected chi connectivity index (χ3v) is 4.54. The first-order chi connectivity index (χ1) is 13.1. The molecule has 0 bridgehead atoms. The molecule has 27 heavy (non-hydrogen) atoms. The predicted molar refractivity (Wildman–Crippen MR) is 105 cm³/mol. The fraction of sp³-hybridized carbons (Fsp3) is 0.400. The first-order valence-corrected chi connectivity index (χ1v) is 8.94. The summed E-state index contributed by atoms with van der Waals surface area (Å²) in [7, 11) is 3.44. The van der Waals surface area contributed by atoms with Crippen LogP contribution in [0.4, 0.5) is 0 Å². The summed E-state index contributed by atoms with van der Waals surface area (Å²) < 4.78 is 16.2. The van der Waals surface area contributed by atoms with Crippen molar-refractivity contribution in [2.45, 2.75) is 26.8 Å². The van der Waals surface area contributed by atoms with Gasteiger partial charge in [0.25, 0.3) is 0 Å². The van der Waals surface area contributed by atoms with Gasteiger partial charge in [0.1, 0.15) is 5.75 Å². The monoisotopic (exact) mass is 370 g/mol. The fourth-order valence-electron chi connectivity index (χ4n) is 3.06. The van der Waals surface area contributed by atoms with Crippen molar-refractivity contribution in [3.05, 3.63) is 46.8 Å². The van der Waals surface area contributed by atoms with E-state index in [9.17, 15) is 0 Å². The molecule has 0 atom stereocenters. The lowest BCUT2D eigenvalue weighted by molar-refractivity contribution is 0.174. The molecular weight excluding hydrogens is 344 g/mol. The molecule has 0 amide bonds. The van der Waals surface area contributed by atoms with Gasteiger partial charge in [-0.05, 0) is 38.0 Å². The summed E-state index contributed by atoms with van der Waals surface area (Å²) in [5.74, 6) is 3.23. The number of nitrogens with one attached hydrogen (secondary N) is 2. The maximum absolute atomic E-state index is 5.46. The number of guanidine groups is 1. The van der Waals surface area contributed by atoms with Crippen molar-refractivity contribution < 1.29 is 14.2 Å². The first kappa shape index (κ1) is 18.8. The smallest absolute Gasteiger partial charge is 0.231 e. The molecule has 0 saturated heterocycles. The fourth-order valence-corrected chi connectivity index (χ4v) is 3.06. The van der Waals surface area contributed by atoms with E-state index in [1.54, 1.807) is 14.2 Å². The third kappa shape index (κ3) is 4.42. The number of methoxy groups -OCH3 is 1. The Bertz CT molecular complexity index is 836. The second kappa shape index (κ2) is 8.62. The van der Waals surface area contributed by atoms with Crippen LogP contribution in [0.3, 0.4) is 0 Å². The van der Waals surface area contributed by atoms with Crippen LogP contribution >= 0.6 is 0 Å². The number of fused-ring (bicyclic) bond motifs is 1. The topological polar surface area (TPSA) is 77.0 Å². The van der Waals surface area contributed by atoms with Gasteiger partial charge in [0, 0.05) is 30.9 Å². The average molecular weight is 370 g/mol. The van der Waals surface area contributed by atoms with Gasteiger partial charge < -0.3 is 24.8 Å². The molecular formula is C20H26N4O3. The largest absolute Gasteiger partial charge is 0.496 e. The van der Waals surface area contributed by atoms with Crippen LogP contribution in [0, 0.1) is 13.8 Å². The molecule has 1 aliphatic heterocycles. The van der Waals surface area contributed by atoms with Gasteiger partial charge in [-0.15, -0.1) is 0 Å². The normalized spacial score (nSPS) is 12.8. The van der Waals surface area contributed by atoms with E-state index in [2.05, 4.69) is 26.7 Å². The van der Waals surface area contributed by atoms with Crippen LogP contribution in [0.5, 0.6) is 17.2 Å². The number of nitrogens with zero attached hydrogens (tertiary/aromatic N) is 2. The van der Waals surface area contributed by atoms with E-state index in [1.165, 1.54) is 5.56 Å². The molecule has 0 fully saturated rings. The highest BCUT2D eigenvalue weighted by atomic mass is 16.7. The van der Waals surface area contributed by atoms with Gasteiger partial charge in [-0.2, -0.15) is 0 Å². The molecule has 2 N–H and O–H groups in total. The molecule has 0 unspecified atom stereocenters. The van der Waals surface area contributed by atoms with E-state index >= 15 is 0 Å². The Morgan fingerprint density at radius 1 is 1.22 bits per heavy atom. The van der Waals surface area contributed by atoms with Crippen LogP contribution in [0.2, 0.25) is 0 Å². The number of aromatic nitrogens is 1. The number of aryl methyl sites for hydroxylation is 1. The molecule has 7 heteroatoms. The number of aliphatic imine (C=N–C) groups is 1. The zero-order valence-corrected chi connectivity index (χ0v) is 16.3. The highest BCUT2D eigenvalue weighted by Crippen LogP contribution is 2.32. The lowest BCUT2D eigenvalue weighted by Crippen LogP contribution is -2.38. The highest BCUT2D eigenvalue weighted by molar-refractivity contribution is 5.79. The van der Waals surface area contributed by atoms with Gasteiger partial charge >= 0.3 is 0 Å². The summed E-state index contributed by atoms with van der Waals surface area (Å²) in [5.41, 5.74) is 4.20. The van der Waals surface area contributed by atoms with Gasteiger partial charge in [0.15, 0.2) is 17.5 Å². The average Bonchev–Trinajstić information content (AvgIpc) is 3.14. The van der Waals surface area contributed by atoms with Crippen molar-refractivity contribution in [3.63, 3.8) is 0 Å². The molecule has 1 aromatic heterocycles. The Kier molecular flexibility index (Phi) is 6.01. The first-order valence-electron chi connectivity index (χ1n) is 8.94. The number of hydrogen-bond acceptors (Lipinski definition) is 5. The molecule has 0 spiro atoms. The Hall–Kier alpha value is -2.96. The SMILES string of the molecule is CN=C(NCCc1ccc2c(c1)OCO2)NCc1ncc(C)c(OC)c1C. The maximum atomic E-state index is 5.46. The van der Waals surface area contributed by atoms with E-state index < -0.39 is 0 Å². The van der Waals surface area contributed by atoms with E-state index in [0.717, 1.165) is 53.0 Å². The molecule has 0 aliphatic carbocycles. The molecule has 0 radical (unpaired) electrons. The Balaban J connectivity index is 1.51. The van der Waals surface area contributed by atoms with Crippen LogP contribution < -0.4 is 24.8 Å². The van der Waals surface area contributed by atoms with Crippen molar-refractivity contribution >= 4 is 5.96 Å². The quantitative estimate of drug-likeness (QED) is 0.600. The summed E-state index contributed by atoms with van der Waals surface area (Å²) in [5, 5.41) is 6.62. The van der Waals surface area contributed by atoms with Crippen LogP contribution in [-0.4, -0.2) is 38.4 Å². The zero-order valence-electron chi connectivity index (χ0n) is 16.3. The minimum absolute atomic E-state index is 0.296. The minimum Gasteiger partial charge on any atom is -0.496 e. The molecule has 2 heterocycles. The number of rotatable bonds is 6. The van der Waals surface area contributed by atoms with Crippen LogP contribution in [-0.2, 0) is 13.0 Å². The number of ether oxygens (including phenoxy) is 3. The number of hydrogen-bond donors (Lipinski definition) is 2. The number of pyridine rings is 1. The van der Waals surface area contributed by atoms with Gasteiger partial charge in [-0.1, -0.05) is 6.07 Å². The number of benzene rings is 1. The molecule has 1 aromatic carbocycles. The van der Waals surface area contributed by atoms with Crippen molar-refractivity contribution in [2.24, 2.45) is 4.99 Å². The van der Waals surface area contributed by atoms with Gasteiger partial charge in [-0.3, -0.25) is 9.98 Å². The summed E-state index contributed by atoms with van der Waals surface area (Å²) in [6.07, 6.45) is 2.69. The van der Waals surface area contributed by atoms with Crippen LogP contribution in [0.25, 0.3) is 0 Å². The van der Waals surface area contributed by atoms with E-state index in [1.807, 2.05) is 32.2 Å². The van der Waals surface area contributed by atoms with Gasteiger partial charge in [0.05, 0.1) is 19.3 Å². The van der Waals surface area contributed by atoms with Crippen molar-refractivity contribution in [2.75, 3.05) is 27.5 Å². The molecule has 3 rings (SSSR count). The predicted octanol–water partition coefficient (Wildman–Crippen LogP) is 2.34. The third-order valence-electron chi connectivity index (χ3n) is 4.54. The molecule has 1 aliphatic rings. The standard InChI is InChI=1S/C20H26N4O3/c1-13-10-23-16(14(2)19(13)25-4)11-24-20(21-3)22-8-7-15-5-6-17-18(9-15)27-12-26-17/h5-6,9-10H,7-8,11-12H2,1-4H3,(H2,21,22,24). The van der Waals surface area contributed by atoms with Crippen LogP contribution in [0.1, 0.15) is 22.4 Å². The van der Waals surface area contributed by atoms with Crippen molar-refractivity contribution in [1.82, 2.24) is 15.6 Å². The highest BCUT2D eigenvalue weighted by Gasteiger charge is 2.13. The van der Waals surface area contributed by atoms with Gasteiger partial charge in [0.2, 0.25) is 6.79 Å². The lowest BCUT2D eigenvalue weighted by Gasteiger charge is -2.15. The van der Waals surface area contributed by atoms with E-state index in [0.29, 0.717) is 13.3 Å². The second-order valence-electron chi connectivity index (χ2n) is 6.34. The maximum Gasteiger partial charge on any atom is 0.231 e. The van der Waals surface area contributed by atoms with E-state index in [-0.39, 0.29) is 0 Å². The second-order valence-corrected chi connectivity index (χ2v) is 6.34. The van der Waals surface area contributed by atoms with Gasteiger partial charge in [-0.25, -0.2) is 0 Å². The summed E-state index contributed by atoms with van der Waals surface area (Å²) >= 11 is 0. The van der Waals surface area contributed by atoms with Crippen molar-refractivity contribution in [1.29, 1.82) is 0 Å². The minimum atomic E-state index is 0.296. The molecule has 7 nitrogen and oxygen atoms in total. The summed E-state index contributed by atoms with van der Waals surface area (Å²) in [6.45, 7) is 5.64. The van der Waals surface area contributed by atoms with Crippen molar-refractivity contribution in [3.8, 4) is 17.2 Å². The molecule has 2 aromatic rings. The molecule has 0 saturated carbocycles. The Morgan fingerprint density at radius 3 is 2.81 bits per heavy atom. The lowest BCUT2D eigenvalue weighted by atomic mass is 10.1. The zero-order chi connectivity index (χ0) is 19.2. The van der Waals surface area contributed by atoms with Crippen LogP contribution in [0.15, 0.2) is 29.4 Å². The molecule has 144 valence electrons. The summed E-state index contributed by atoms with van der Waals surface area (Å²) in [4.78, 5) is 8.78. The Labute approximate surface area is 159 Å². The Morgan fingerprint density at radius 2 is 2.04 bits per heavy atom. The summed E-state index contributed by atoms with van der Waals surface area (Å²) in [6, 6.07) is 6.02.